The van der Waals surface area contributed by atoms with Gasteiger partial charge in [0, 0.05) is 4.47 Å². The quantitative estimate of drug-likeness (QED) is 0.534. The van der Waals surface area contributed by atoms with Gasteiger partial charge in [0.2, 0.25) is 6.08 Å². The van der Waals surface area contributed by atoms with Gasteiger partial charge in [0.05, 0.1) is 5.69 Å². The molecule has 1 aromatic carbocycles. The first-order valence-electron chi connectivity index (χ1n) is 3.66. The van der Waals surface area contributed by atoms with Crippen LogP contribution < -0.4 is 0 Å². The Balaban J connectivity index is 0.000000561. The fraction of sp³-hybridized carbons (Fsp3) is 0.222. The molecule has 0 aliphatic carbocycles. The van der Waals surface area contributed by atoms with E-state index in [1.807, 2.05) is 26.0 Å². The molecular weight excluding hydrogens is 218 g/mol. The van der Waals surface area contributed by atoms with Crippen LogP contribution in [-0.2, 0) is 4.79 Å². The van der Waals surface area contributed by atoms with Crippen LogP contribution in [0.5, 0.6) is 0 Å². The zero-order valence-corrected chi connectivity index (χ0v) is 8.63. The van der Waals surface area contributed by atoms with E-state index in [0.717, 1.165) is 4.47 Å². The standard InChI is InChI=1S/C7H4BrNO.C2H6/c8-6-1-3-7(4-2-6)9-5-10;1-2/h1-4H;1-2H3. The fourth-order valence-corrected chi connectivity index (χ4v) is 0.833. The Kier molecular flexibility index (Phi) is 6.25. The summed E-state index contributed by atoms with van der Waals surface area (Å²) in [5.74, 6) is 0. The first-order chi connectivity index (χ1) is 5.83. The SMILES string of the molecule is CC.O=C=Nc1ccc(Br)cc1. The molecule has 0 radical (unpaired) electrons. The van der Waals surface area contributed by atoms with Crippen molar-refractivity contribution in [2.24, 2.45) is 4.99 Å². The molecule has 64 valence electrons. The summed E-state index contributed by atoms with van der Waals surface area (Å²) in [4.78, 5) is 13.2. The van der Waals surface area contributed by atoms with Crippen LogP contribution in [0.3, 0.4) is 0 Å². The number of rotatable bonds is 1. The molecule has 0 aliphatic heterocycles. The largest absolute Gasteiger partial charge is 0.240 e. The maximum atomic E-state index is 9.76. The number of aliphatic imine (C=N–C) groups is 1. The molecule has 0 N–H and O–H groups in total. The van der Waals surface area contributed by atoms with Crippen molar-refractivity contribution >= 4 is 27.7 Å². The van der Waals surface area contributed by atoms with Gasteiger partial charge in [-0.3, -0.25) is 0 Å². The van der Waals surface area contributed by atoms with Crippen molar-refractivity contribution in [3.63, 3.8) is 0 Å². The summed E-state index contributed by atoms with van der Waals surface area (Å²) in [5, 5.41) is 0. The normalized spacial score (nSPS) is 7.58. The molecule has 0 saturated carbocycles. The smallest absolute Gasteiger partial charge is 0.211 e. The average molecular weight is 228 g/mol. The summed E-state index contributed by atoms with van der Waals surface area (Å²) in [7, 11) is 0. The van der Waals surface area contributed by atoms with Crippen LogP contribution >= 0.6 is 15.9 Å². The molecule has 0 atom stereocenters. The first kappa shape index (κ1) is 11.1. The molecule has 1 aromatic rings. The predicted molar refractivity (Wildman–Crippen MR) is 53.3 cm³/mol. The third-order valence-electron chi connectivity index (χ3n) is 1.00. The lowest BCUT2D eigenvalue weighted by molar-refractivity contribution is 0.565. The number of halogens is 1. The monoisotopic (exact) mass is 227 g/mol. The Bertz CT molecular complexity index is 262. The number of carbonyl (C=O) groups excluding carboxylic acids is 1. The zero-order chi connectivity index (χ0) is 9.40. The van der Waals surface area contributed by atoms with E-state index in [0.29, 0.717) is 5.69 Å². The third kappa shape index (κ3) is 4.06. The topological polar surface area (TPSA) is 29.4 Å². The summed E-state index contributed by atoms with van der Waals surface area (Å²) in [6.45, 7) is 4.00. The van der Waals surface area contributed by atoms with E-state index in [1.165, 1.54) is 6.08 Å². The highest BCUT2D eigenvalue weighted by molar-refractivity contribution is 9.10. The average Bonchev–Trinajstić information content (AvgIpc) is 2.13. The molecule has 0 unspecified atom stereocenters. The van der Waals surface area contributed by atoms with Gasteiger partial charge in [-0.2, -0.15) is 4.99 Å². The number of nitrogens with zero attached hydrogens (tertiary/aromatic N) is 1. The van der Waals surface area contributed by atoms with E-state index in [-0.39, 0.29) is 0 Å². The molecule has 0 spiro atoms. The molecule has 0 fully saturated rings. The molecule has 0 saturated heterocycles. The molecule has 3 heteroatoms. The van der Waals surface area contributed by atoms with E-state index in [4.69, 9.17) is 0 Å². The maximum absolute atomic E-state index is 9.76. The van der Waals surface area contributed by atoms with Crippen molar-refractivity contribution in [2.45, 2.75) is 13.8 Å². The van der Waals surface area contributed by atoms with Crippen LogP contribution in [-0.4, -0.2) is 6.08 Å². The van der Waals surface area contributed by atoms with Gasteiger partial charge in [0.25, 0.3) is 0 Å². The minimum atomic E-state index is 0.623. The lowest BCUT2D eigenvalue weighted by Gasteiger charge is -1.88. The van der Waals surface area contributed by atoms with Crippen molar-refractivity contribution in [3.8, 4) is 0 Å². The molecule has 2 nitrogen and oxygen atoms in total. The Morgan fingerprint density at radius 3 is 2.17 bits per heavy atom. The lowest BCUT2D eigenvalue weighted by atomic mass is 10.3. The Labute approximate surface area is 80.5 Å². The minimum absolute atomic E-state index is 0.623. The molecular formula is C9H10BrNO. The predicted octanol–water partition coefficient (Wildman–Crippen LogP) is 3.44. The molecule has 1 rings (SSSR count). The summed E-state index contributed by atoms with van der Waals surface area (Å²) >= 11 is 3.26. The second-order valence-electron chi connectivity index (χ2n) is 1.68. The van der Waals surface area contributed by atoms with Crippen LogP contribution in [0.25, 0.3) is 0 Å². The van der Waals surface area contributed by atoms with Crippen LogP contribution in [0.15, 0.2) is 33.7 Å². The van der Waals surface area contributed by atoms with Crippen molar-refractivity contribution in [2.75, 3.05) is 0 Å². The number of isocyanates is 1. The van der Waals surface area contributed by atoms with E-state index in [9.17, 15) is 4.79 Å². The molecule has 0 amide bonds. The summed E-state index contributed by atoms with van der Waals surface area (Å²) in [6, 6.07) is 7.09. The Hall–Kier alpha value is -0.920. The Morgan fingerprint density at radius 1 is 1.25 bits per heavy atom. The number of benzene rings is 1. The van der Waals surface area contributed by atoms with E-state index in [1.54, 1.807) is 12.1 Å². The molecule has 0 aliphatic rings. The second kappa shape index (κ2) is 6.77. The van der Waals surface area contributed by atoms with Gasteiger partial charge < -0.3 is 0 Å². The van der Waals surface area contributed by atoms with Crippen molar-refractivity contribution in [1.82, 2.24) is 0 Å². The van der Waals surface area contributed by atoms with Gasteiger partial charge in [-0.05, 0) is 24.3 Å². The molecule has 0 aromatic heterocycles. The first-order valence-corrected chi connectivity index (χ1v) is 4.45. The highest BCUT2D eigenvalue weighted by Gasteiger charge is 1.86. The van der Waals surface area contributed by atoms with Crippen LogP contribution in [0.4, 0.5) is 5.69 Å². The van der Waals surface area contributed by atoms with Crippen LogP contribution in [0.2, 0.25) is 0 Å². The highest BCUT2D eigenvalue weighted by atomic mass is 79.9. The zero-order valence-electron chi connectivity index (χ0n) is 7.04. The van der Waals surface area contributed by atoms with Crippen molar-refractivity contribution in [3.05, 3.63) is 28.7 Å². The van der Waals surface area contributed by atoms with Gasteiger partial charge in [-0.25, -0.2) is 4.79 Å². The van der Waals surface area contributed by atoms with Gasteiger partial charge >= 0.3 is 0 Å². The molecule has 0 heterocycles. The van der Waals surface area contributed by atoms with Gasteiger partial charge in [-0.15, -0.1) is 0 Å². The second-order valence-corrected chi connectivity index (χ2v) is 2.60. The van der Waals surface area contributed by atoms with Crippen molar-refractivity contribution < 1.29 is 4.79 Å². The summed E-state index contributed by atoms with van der Waals surface area (Å²) in [5.41, 5.74) is 0.623. The van der Waals surface area contributed by atoms with Gasteiger partial charge in [0.15, 0.2) is 0 Å². The lowest BCUT2D eigenvalue weighted by Crippen LogP contribution is -1.63. The minimum Gasteiger partial charge on any atom is -0.211 e. The third-order valence-corrected chi connectivity index (χ3v) is 1.53. The highest BCUT2D eigenvalue weighted by Crippen LogP contribution is 2.15. The molecule has 0 bridgehead atoms. The summed E-state index contributed by atoms with van der Waals surface area (Å²) < 4.78 is 0.970. The Morgan fingerprint density at radius 2 is 1.75 bits per heavy atom. The number of hydrogen-bond acceptors (Lipinski definition) is 2. The van der Waals surface area contributed by atoms with Gasteiger partial charge in [0.1, 0.15) is 0 Å². The van der Waals surface area contributed by atoms with E-state index < -0.39 is 0 Å². The van der Waals surface area contributed by atoms with Gasteiger partial charge in [-0.1, -0.05) is 29.8 Å². The van der Waals surface area contributed by atoms with E-state index >= 15 is 0 Å². The maximum Gasteiger partial charge on any atom is 0.240 e. The molecule has 12 heavy (non-hydrogen) atoms. The van der Waals surface area contributed by atoms with Crippen LogP contribution in [0.1, 0.15) is 13.8 Å². The van der Waals surface area contributed by atoms with E-state index in [2.05, 4.69) is 20.9 Å². The number of hydrogen-bond donors (Lipinski definition) is 0. The van der Waals surface area contributed by atoms with Crippen LogP contribution in [0, 0.1) is 0 Å². The fourth-order valence-electron chi connectivity index (χ4n) is 0.568. The summed E-state index contributed by atoms with van der Waals surface area (Å²) in [6.07, 6.45) is 1.46. The van der Waals surface area contributed by atoms with Crippen molar-refractivity contribution in [1.29, 1.82) is 0 Å².